The van der Waals surface area contributed by atoms with Crippen molar-refractivity contribution in [3.8, 4) is 5.75 Å². The Balaban J connectivity index is 1.56. The SMILES string of the molecule is CSc1nc2c(c(=O)[nH]1)C(c1ccc(OCc3cccc(F)c3)cc1)CC(=O)N2. The van der Waals surface area contributed by atoms with Crippen LogP contribution < -0.4 is 15.6 Å². The van der Waals surface area contributed by atoms with Crippen LogP contribution in [0, 0.1) is 5.82 Å². The molecule has 0 radical (unpaired) electrons. The topological polar surface area (TPSA) is 84.1 Å². The number of halogens is 1. The molecule has 1 aliphatic heterocycles. The Kier molecular flexibility index (Phi) is 5.35. The molecule has 2 N–H and O–H groups in total. The van der Waals surface area contributed by atoms with Gasteiger partial charge >= 0.3 is 0 Å². The third-order valence-electron chi connectivity index (χ3n) is 4.70. The van der Waals surface area contributed by atoms with Crippen LogP contribution in [-0.4, -0.2) is 22.1 Å². The van der Waals surface area contributed by atoms with Crippen LogP contribution in [0.15, 0.2) is 58.5 Å². The molecule has 1 atom stereocenters. The molecule has 8 heteroatoms. The van der Waals surface area contributed by atoms with Crippen LogP contribution in [0.2, 0.25) is 0 Å². The fourth-order valence-electron chi connectivity index (χ4n) is 3.32. The minimum absolute atomic E-state index is 0.167. The molecule has 2 aromatic carbocycles. The van der Waals surface area contributed by atoms with Gasteiger partial charge in [-0.25, -0.2) is 9.37 Å². The van der Waals surface area contributed by atoms with E-state index in [4.69, 9.17) is 4.74 Å². The highest BCUT2D eigenvalue weighted by atomic mass is 32.2. The van der Waals surface area contributed by atoms with Gasteiger partial charge in [0.2, 0.25) is 5.91 Å². The molecule has 6 nitrogen and oxygen atoms in total. The highest BCUT2D eigenvalue weighted by molar-refractivity contribution is 7.98. The summed E-state index contributed by atoms with van der Waals surface area (Å²) >= 11 is 1.30. The fourth-order valence-corrected chi connectivity index (χ4v) is 3.70. The lowest BCUT2D eigenvalue weighted by Crippen LogP contribution is -2.31. The quantitative estimate of drug-likeness (QED) is 0.494. The Morgan fingerprint density at radius 1 is 1.21 bits per heavy atom. The van der Waals surface area contributed by atoms with E-state index in [1.165, 1.54) is 23.9 Å². The smallest absolute Gasteiger partial charge is 0.257 e. The van der Waals surface area contributed by atoms with E-state index in [1.807, 2.05) is 12.1 Å². The number of nitrogens with zero attached hydrogens (tertiary/aromatic N) is 1. The van der Waals surface area contributed by atoms with E-state index in [0.29, 0.717) is 22.3 Å². The second kappa shape index (κ2) is 8.08. The number of aromatic amines is 1. The van der Waals surface area contributed by atoms with Crippen LogP contribution in [0.1, 0.15) is 29.0 Å². The molecule has 0 bridgehead atoms. The van der Waals surface area contributed by atoms with Crippen molar-refractivity contribution in [2.75, 3.05) is 11.6 Å². The Hall–Kier alpha value is -3.13. The van der Waals surface area contributed by atoms with E-state index < -0.39 is 0 Å². The molecule has 2 heterocycles. The Labute approximate surface area is 170 Å². The van der Waals surface area contributed by atoms with Gasteiger partial charge in [-0.05, 0) is 41.6 Å². The molecule has 0 fully saturated rings. The number of H-pyrrole nitrogens is 1. The van der Waals surface area contributed by atoms with E-state index in [1.54, 1.807) is 30.5 Å². The van der Waals surface area contributed by atoms with Crippen LogP contribution in [-0.2, 0) is 11.4 Å². The minimum atomic E-state index is -0.386. The normalized spacial score (nSPS) is 15.5. The number of rotatable bonds is 5. The van der Waals surface area contributed by atoms with Crippen LogP contribution in [0.3, 0.4) is 0 Å². The molecule has 0 spiro atoms. The molecule has 1 aromatic heterocycles. The van der Waals surface area contributed by atoms with Crippen molar-refractivity contribution < 1.29 is 13.9 Å². The lowest BCUT2D eigenvalue weighted by atomic mass is 9.87. The lowest BCUT2D eigenvalue weighted by Gasteiger charge is -2.24. The van der Waals surface area contributed by atoms with Crippen molar-refractivity contribution in [2.45, 2.75) is 24.1 Å². The second-order valence-electron chi connectivity index (χ2n) is 6.63. The largest absolute Gasteiger partial charge is 0.489 e. The number of hydrogen-bond acceptors (Lipinski definition) is 5. The number of carbonyl (C=O) groups is 1. The molecule has 148 valence electrons. The molecule has 1 unspecified atom stereocenters. The highest BCUT2D eigenvalue weighted by Gasteiger charge is 2.30. The van der Waals surface area contributed by atoms with Crippen LogP contribution in [0.4, 0.5) is 10.2 Å². The number of anilines is 1. The number of nitrogens with one attached hydrogen (secondary N) is 2. The zero-order valence-corrected chi connectivity index (χ0v) is 16.4. The summed E-state index contributed by atoms with van der Waals surface area (Å²) in [6.07, 6.45) is 1.97. The Morgan fingerprint density at radius 2 is 2.00 bits per heavy atom. The van der Waals surface area contributed by atoms with Crippen LogP contribution in [0.25, 0.3) is 0 Å². The molecule has 29 heavy (non-hydrogen) atoms. The van der Waals surface area contributed by atoms with Gasteiger partial charge in [0.05, 0.1) is 5.56 Å². The average molecular weight is 411 g/mol. The molecule has 4 rings (SSSR count). The first-order chi connectivity index (χ1) is 14.0. The summed E-state index contributed by atoms with van der Waals surface area (Å²) in [6.45, 7) is 0.243. The first kappa shape index (κ1) is 19.2. The number of carbonyl (C=O) groups excluding carboxylic acids is 1. The second-order valence-corrected chi connectivity index (χ2v) is 7.42. The van der Waals surface area contributed by atoms with Gasteiger partial charge in [-0.2, -0.15) is 0 Å². The number of ether oxygens (including phenoxy) is 1. The summed E-state index contributed by atoms with van der Waals surface area (Å²) in [4.78, 5) is 31.8. The minimum Gasteiger partial charge on any atom is -0.489 e. The van der Waals surface area contributed by atoms with Crippen LogP contribution in [0.5, 0.6) is 5.75 Å². The van der Waals surface area contributed by atoms with Crippen molar-refractivity contribution in [3.05, 3.63) is 81.4 Å². The van der Waals surface area contributed by atoms with Gasteiger partial charge in [0.1, 0.15) is 24.0 Å². The van der Waals surface area contributed by atoms with E-state index in [9.17, 15) is 14.0 Å². The summed E-state index contributed by atoms with van der Waals surface area (Å²) in [6, 6.07) is 13.4. The first-order valence-electron chi connectivity index (χ1n) is 8.99. The maximum atomic E-state index is 13.3. The first-order valence-corrected chi connectivity index (χ1v) is 10.2. The number of hydrogen-bond donors (Lipinski definition) is 2. The Morgan fingerprint density at radius 3 is 2.72 bits per heavy atom. The average Bonchev–Trinajstić information content (AvgIpc) is 2.71. The van der Waals surface area contributed by atoms with Crippen molar-refractivity contribution in [2.24, 2.45) is 0 Å². The van der Waals surface area contributed by atoms with Gasteiger partial charge in [0.25, 0.3) is 5.56 Å². The zero-order chi connectivity index (χ0) is 20.4. The van der Waals surface area contributed by atoms with Gasteiger partial charge in [-0.3, -0.25) is 9.59 Å². The molecule has 1 aliphatic rings. The van der Waals surface area contributed by atoms with Crippen molar-refractivity contribution in [1.29, 1.82) is 0 Å². The van der Waals surface area contributed by atoms with E-state index >= 15 is 0 Å². The number of benzene rings is 2. The summed E-state index contributed by atoms with van der Waals surface area (Å²) in [5, 5.41) is 3.15. The van der Waals surface area contributed by atoms with Gasteiger partial charge < -0.3 is 15.0 Å². The molecule has 0 aliphatic carbocycles. The van der Waals surface area contributed by atoms with Crippen molar-refractivity contribution in [1.82, 2.24) is 9.97 Å². The van der Waals surface area contributed by atoms with E-state index in [-0.39, 0.29) is 36.2 Å². The summed E-state index contributed by atoms with van der Waals surface area (Å²) in [7, 11) is 0. The van der Waals surface area contributed by atoms with Gasteiger partial charge in [0, 0.05) is 12.3 Å². The fraction of sp³-hybridized carbons (Fsp3) is 0.190. The summed E-state index contributed by atoms with van der Waals surface area (Å²) in [5.74, 6) is 0.0513. The van der Waals surface area contributed by atoms with E-state index in [2.05, 4.69) is 15.3 Å². The third kappa shape index (κ3) is 4.17. The number of amides is 1. The zero-order valence-electron chi connectivity index (χ0n) is 15.6. The molecular formula is C21H18FN3O3S. The maximum Gasteiger partial charge on any atom is 0.257 e. The molecule has 0 saturated heterocycles. The maximum absolute atomic E-state index is 13.3. The number of aromatic nitrogens is 2. The monoisotopic (exact) mass is 411 g/mol. The van der Waals surface area contributed by atoms with Crippen LogP contribution >= 0.6 is 11.8 Å². The number of thioether (sulfide) groups is 1. The Bertz CT molecular complexity index is 1110. The lowest BCUT2D eigenvalue weighted by molar-refractivity contribution is -0.116. The van der Waals surface area contributed by atoms with Crippen molar-refractivity contribution >= 4 is 23.5 Å². The third-order valence-corrected chi connectivity index (χ3v) is 5.28. The molecule has 3 aromatic rings. The number of fused-ring (bicyclic) bond motifs is 1. The predicted molar refractivity (Wildman–Crippen MR) is 109 cm³/mol. The van der Waals surface area contributed by atoms with E-state index in [0.717, 1.165) is 11.1 Å². The molecule has 0 saturated carbocycles. The standard InChI is InChI=1S/C21H18FN3O3S/c1-29-21-24-19-18(20(27)25-21)16(10-17(26)23-19)13-5-7-15(8-6-13)28-11-12-3-2-4-14(22)9-12/h2-9,16H,10-11H2,1H3,(H2,23,24,25,26,27). The van der Waals surface area contributed by atoms with Gasteiger partial charge in [-0.15, -0.1) is 0 Å². The molecule has 1 amide bonds. The van der Waals surface area contributed by atoms with Gasteiger partial charge in [-0.1, -0.05) is 36.0 Å². The van der Waals surface area contributed by atoms with Gasteiger partial charge in [0.15, 0.2) is 5.16 Å². The summed E-state index contributed by atoms with van der Waals surface area (Å²) in [5.41, 5.74) is 1.75. The van der Waals surface area contributed by atoms with Crippen molar-refractivity contribution in [3.63, 3.8) is 0 Å². The summed E-state index contributed by atoms with van der Waals surface area (Å²) < 4.78 is 19.0. The highest BCUT2D eigenvalue weighted by Crippen LogP contribution is 2.35. The molecular weight excluding hydrogens is 393 g/mol. The predicted octanol–water partition coefficient (Wildman–Crippen LogP) is 3.68.